The zero-order chi connectivity index (χ0) is 22.3. The SMILES string of the molecule is CC(=O)c1cccc(NC(=O)C(C)OC(=O)c2sc3nc4n(c(=O)c3c2C)CCC4)c1. The van der Waals surface area contributed by atoms with Crippen LogP contribution in [-0.2, 0) is 22.5 Å². The van der Waals surface area contributed by atoms with E-state index in [0.717, 1.165) is 30.0 Å². The summed E-state index contributed by atoms with van der Waals surface area (Å²) >= 11 is 1.11. The van der Waals surface area contributed by atoms with Gasteiger partial charge in [0, 0.05) is 24.2 Å². The number of carbonyl (C=O) groups is 3. The molecule has 3 aromatic rings. The molecule has 0 fully saturated rings. The number of nitrogens with one attached hydrogen (secondary N) is 1. The van der Waals surface area contributed by atoms with E-state index < -0.39 is 18.0 Å². The lowest BCUT2D eigenvalue weighted by molar-refractivity contribution is -0.123. The summed E-state index contributed by atoms with van der Waals surface area (Å²) in [6.45, 7) is 5.23. The first-order chi connectivity index (χ1) is 14.8. The van der Waals surface area contributed by atoms with Crippen LogP contribution >= 0.6 is 11.3 Å². The molecule has 0 spiro atoms. The van der Waals surface area contributed by atoms with Crippen LogP contribution in [0, 0.1) is 6.92 Å². The van der Waals surface area contributed by atoms with Crippen LogP contribution in [0.2, 0.25) is 0 Å². The van der Waals surface area contributed by atoms with Crippen LogP contribution in [0.4, 0.5) is 5.69 Å². The summed E-state index contributed by atoms with van der Waals surface area (Å²) in [6.07, 6.45) is 0.552. The van der Waals surface area contributed by atoms with Gasteiger partial charge in [0.1, 0.15) is 15.5 Å². The minimum Gasteiger partial charge on any atom is -0.448 e. The van der Waals surface area contributed by atoms with Gasteiger partial charge in [-0.2, -0.15) is 0 Å². The van der Waals surface area contributed by atoms with Crippen molar-refractivity contribution in [3.8, 4) is 0 Å². The summed E-state index contributed by atoms with van der Waals surface area (Å²) < 4.78 is 7.01. The molecule has 0 saturated carbocycles. The second kappa shape index (κ2) is 8.07. The number of Topliss-reactive ketones (excluding diaryl/α,β-unsaturated/α-hetero) is 1. The van der Waals surface area contributed by atoms with E-state index in [1.165, 1.54) is 13.8 Å². The largest absolute Gasteiger partial charge is 0.448 e. The normalized spacial score (nSPS) is 13.6. The Bertz CT molecular complexity index is 1290. The quantitative estimate of drug-likeness (QED) is 0.484. The maximum atomic E-state index is 12.8. The van der Waals surface area contributed by atoms with E-state index >= 15 is 0 Å². The van der Waals surface area contributed by atoms with Crippen molar-refractivity contribution in [3.05, 3.63) is 56.4 Å². The predicted octanol–water partition coefficient (Wildman–Crippen LogP) is 3.10. The van der Waals surface area contributed by atoms with Crippen molar-refractivity contribution in [1.82, 2.24) is 9.55 Å². The second-order valence-corrected chi connectivity index (χ2v) is 8.50. The van der Waals surface area contributed by atoms with Gasteiger partial charge >= 0.3 is 5.97 Å². The molecule has 3 heterocycles. The number of aromatic nitrogens is 2. The van der Waals surface area contributed by atoms with Gasteiger partial charge in [-0.3, -0.25) is 19.0 Å². The standard InChI is InChI=1S/C22H21N3O5S/c1-11-17-20(24-16-8-5-9-25(16)21(17)28)31-18(11)22(29)30-13(3)19(27)23-15-7-4-6-14(10-15)12(2)26/h4,6-7,10,13H,5,8-9H2,1-3H3,(H,23,27). The number of hydrogen-bond donors (Lipinski definition) is 1. The van der Waals surface area contributed by atoms with Crippen molar-refractivity contribution in [2.75, 3.05) is 5.32 Å². The molecule has 1 atom stereocenters. The summed E-state index contributed by atoms with van der Waals surface area (Å²) in [4.78, 5) is 54.8. The Kier molecular flexibility index (Phi) is 5.45. The van der Waals surface area contributed by atoms with Crippen LogP contribution < -0.4 is 10.9 Å². The number of ketones is 1. The molecule has 2 aromatic heterocycles. The molecule has 0 bridgehead atoms. The van der Waals surface area contributed by atoms with Gasteiger partial charge in [-0.25, -0.2) is 9.78 Å². The maximum absolute atomic E-state index is 12.8. The minimum absolute atomic E-state index is 0.119. The van der Waals surface area contributed by atoms with Gasteiger partial charge in [0.05, 0.1) is 5.39 Å². The first-order valence-corrected chi connectivity index (χ1v) is 10.7. The minimum atomic E-state index is -1.07. The maximum Gasteiger partial charge on any atom is 0.349 e. The zero-order valence-corrected chi connectivity index (χ0v) is 18.2. The highest BCUT2D eigenvalue weighted by Gasteiger charge is 2.26. The predicted molar refractivity (Wildman–Crippen MR) is 117 cm³/mol. The molecule has 8 nitrogen and oxygen atoms in total. The van der Waals surface area contributed by atoms with Crippen molar-refractivity contribution < 1.29 is 19.1 Å². The number of ether oxygens (including phenoxy) is 1. The molecule has 0 radical (unpaired) electrons. The third-order valence-electron chi connectivity index (χ3n) is 5.29. The van der Waals surface area contributed by atoms with Crippen LogP contribution in [0.5, 0.6) is 0 Å². The highest BCUT2D eigenvalue weighted by molar-refractivity contribution is 7.20. The lowest BCUT2D eigenvalue weighted by atomic mass is 10.1. The number of benzene rings is 1. The van der Waals surface area contributed by atoms with Gasteiger partial charge in [0.2, 0.25) is 0 Å². The van der Waals surface area contributed by atoms with E-state index in [2.05, 4.69) is 10.3 Å². The summed E-state index contributed by atoms with van der Waals surface area (Å²) in [5, 5.41) is 3.07. The van der Waals surface area contributed by atoms with Crippen molar-refractivity contribution in [1.29, 1.82) is 0 Å². The fraction of sp³-hybridized carbons (Fsp3) is 0.318. The van der Waals surface area contributed by atoms with Crippen molar-refractivity contribution >= 4 is 44.9 Å². The molecule has 1 unspecified atom stereocenters. The molecule has 0 aliphatic carbocycles. The fourth-order valence-corrected chi connectivity index (χ4v) is 4.67. The fourth-order valence-electron chi connectivity index (χ4n) is 3.60. The Hall–Kier alpha value is -3.33. The molecule has 160 valence electrons. The van der Waals surface area contributed by atoms with Crippen molar-refractivity contribution in [3.63, 3.8) is 0 Å². The van der Waals surface area contributed by atoms with E-state index in [0.29, 0.717) is 33.6 Å². The number of thiophene rings is 1. The molecule has 1 aliphatic heterocycles. The molecule has 0 saturated heterocycles. The number of nitrogens with zero attached hydrogens (tertiary/aromatic N) is 2. The summed E-state index contributed by atoms with van der Waals surface area (Å²) in [5.41, 5.74) is 1.28. The number of fused-ring (bicyclic) bond motifs is 2. The molecule has 1 aliphatic rings. The highest BCUT2D eigenvalue weighted by Crippen LogP contribution is 2.29. The second-order valence-electron chi connectivity index (χ2n) is 7.50. The Morgan fingerprint density at radius 2 is 2.06 bits per heavy atom. The van der Waals surface area contributed by atoms with E-state index in [-0.39, 0.29) is 16.2 Å². The smallest absolute Gasteiger partial charge is 0.349 e. The van der Waals surface area contributed by atoms with Crippen LogP contribution in [0.3, 0.4) is 0 Å². The topological polar surface area (TPSA) is 107 Å². The van der Waals surface area contributed by atoms with Gasteiger partial charge in [-0.15, -0.1) is 11.3 Å². The number of aryl methyl sites for hydroxylation is 2. The number of anilines is 1. The number of esters is 1. The molecule has 9 heteroatoms. The van der Waals surface area contributed by atoms with Crippen LogP contribution in [0.1, 0.15) is 51.7 Å². The first kappa shape index (κ1) is 20.9. The molecule has 1 N–H and O–H groups in total. The number of carbonyl (C=O) groups excluding carboxylic acids is 3. The summed E-state index contributed by atoms with van der Waals surface area (Å²) in [6, 6.07) is 6.52. The number of rotatable bonds is 5. The molecule has 1 amide bonds. The Morgan fingerprint density at radius 3 is 2.81 bits per heavy atom. The van der Waals surface area contributed by atoms with Gasteiger partial charge < -0.3 is 10.1 Å². The van der Waals surface area contributed by atoms with Crippen LogP contribution in [0.15, 0.2) is 29.1 Å². The summed E-state index contributed by atoms with van der Waals surface area (Å²) in [7, 11) is 0. The number of amides is 1. The molecular formula is C22H21N3O5S. The van der Waals surface area contributed by atoms with E-state index in [1.807, 2.05) is 0 Å². The zero-order valence-electron chi connectivity index (χ0n) is 17.4. The lowest BCUT2D eigenvalue weighted by Crippen LogP contribution is -2.30. The Labute approximate surface area is 181 Å². The molecule has 1 aromatic carbocycles. The van der Waals surface area contributed by atoms with Crippen molar-refractivity contribution in [2.24, 2.45) is 0 Å². The summed E-state index contributed by atoms with van der Waals surface area (Å²) in [5.74, 6) is -0.583. The average molecular weight is 439 g/mol. The first-order valence-electron chi connectivity index (χ1n) is 9.92. The molecule has 4 rings (SSSR count). The highest BCUT2D eigenvalue weighted by atomic mass is 32.1. The van der Waals surface area contributed by atoms with Crippen LogP contribution in [0.25, 0.3) is 10.2 Å². The van der Waals surface area contributed by atoms with Crippen molar-refractivity contribution in [2.45, 2.75) is 46.3 Å². The van der Waals surface area contributed by atoms with Gasteiger partial charge in [-0.1, -0.05) is 12.1 Å². The number of hydrogen-bond acceptors (Lipinski definition) is 7. The monoisotopic (exact) mass is 439 g/mol. The Morgan fingerprint density at radius 1 is 1.29 bits per heavy atom. The van der Waals surface area contributed by atoms with E-state index in [4.69, 9.17) is 4.74 Å². The lowest BCUT2D eigenvalue weighted by Gasteiger charge is -2.13. The Balaban J connectivity index is 1.52. The molecular weight excluding hydrogens is 418 g/mol. The van der Waals surface area contributed by atoms with Gasteiger partial charge in [0.15, 0.2) is 11.9 Å². The van der Waals surface area contributed by atoms with Gasteiger partial charge in [-0.05, 0) is 44.9 Å². The molecule has 31 heavy (non-hydrogen) atoms. The average Bonchev–Trinajstić information content (AvgIpc) is 3.33. The van der Waals surface area contributed by atoms with Gasteiger partial charge in [0.25, 0.3) is 11.5 Å². The van der Waals surface area contributed by atoms with Crippen LogP contribution in [-0.4, -0.2) is 33.3 Å². The van der Waals surface area contributed by atoms with E-state index in [9.17, 15) is 19.2 Å². The third-order valence-corrected chi connectivity index (χ3v) is 6.45. The van der Waals surface area contributed by atoms with E-state index in [1.54, 1.807) is 35.8 Å². The third kappa shape index (κ3) is 3.88.